The Kier molecular flexibility index (Phi) is 5.31. The van der Waals surface area contributed by atoms with Crippen LogP contribution in [-0.2, 0) is 0 Å². The van der Waals surface area contributed by atoms with Crippen LogP contribution < -0.4 is 0 Å². The van der Waals surface area contributed by atoms with E-state index in [0.29, 0.717) is 11.8 Å². The largest absolute Gasteiger partial charge is 0.126 e. The lowest BCUT2D eigenvalue weighted by Crippen LogP contribution is -2.01. The molecule has 0 aromatic rings. The number of hydrogen-bond donors (Lipinski definition) is 0. The summed E-state index contributed by atoms with van der Waals surface area (Å²) >= 11 is 5.76. The third-order valence-corrected chi connectivity index (χ3v) is 2.07. The van der Waals surface area contributed by atoms with Gasteiger partial charge in [0.05, 0.1) is 0 Å². The van der Waals surface area contributed by atoms with E-state index in [1.807, 2.05) is 6.92 Å². The van der Waals surface area contributed by atoms with E-state index in [-0.39, 0.29) is 0 Å². The molecule has 11 heavy (non-hydrogen) atoms. The van der Waals surface area contributed by atoms with Crippen LogP contribution in [0.4, 0.5) is 0 Å². The van der Waals surface area contributed by atoms with Gasteiger partial charge in [-0.3, -0.25) is 0 Å². The number of allylic oxidation sites excluding steroid dienone is 3. The van der Waals surface area contributed by atoms with Gasteiger partial charge in [-0.15, -0.1) is 11.6 Å². The molecule has 0 bridgehead atoms. The molecule has 0 saturated carbocycles. The summed E-state index contributed by atoms with van der Waals surface area (Å²) in [6.07, 6.45) is 3.24. The average Bonchev–Trinajstić information content (AvgIpc) is 1.87. The van der Waals surface area contributed by atoms with Gasteiger partial charge in [0.15, 0.2) is 0 Å². The van der Waals surface area contributed by atoms with Gasteiger partial charge >= 0.3 is 0 Å². The van der Waals surface area contributed by atoms with E-state index < -0.39 is 0 Å². The van der Waals surface area contributed by atoms with E-state index >= 15 is 0 Å². The van der Waals surface area contributed by atoms with Crippen molar-refractivity contribution in [2.75, 3.05) is 5.88 Å². The first-order chi connectivity index (χ1) is 5.07. The Morgan fingerprint density at radius 2 is 2.00 bits per heavy atom. The Morgan fingerprint density at radius 1 is 1.45 bits per heavy atom. The van der Waals surface area contributed by atoms with Crippen LogP contribution in [0.1, 0.15) is 27.2 Å². The summed E-state index contributed by atoms with van der Waals surface area (Å²) in [6.45, 7) is 10.1. The summed E-state index contributed by atoms with van der Waals surface area (Å²) in [5.74, 6) is 1.13. The summed E-state index contributed by atoms with van der Waals surface area (Å²) in [4.78, 5) is 0. The second-order valence-electron chi connectivity index (χ2n) is 3.21. The molecule has 0 amide bonds. The zero-order chi connectivity index (χ0) is 8.85. The molecule has 0 heterocycles. The summed E-state index contributed by atoms with van der Waals surface area (Å²) < 4.78 is 0. The molecule has 0 nitrogen and oxygen atoms in total. The molecule has 1 unspecified atom stereocenters. The first-order valence-corrected chi connectivity index (χ1v) is 4.46. The maximum Gasteiger partial charge on any atom is 0.0291 e. The van der Waals surface area contributed by atoms with Crippen LogP contribution in [0.3, 0.4) is 0 Å². The number of halogens is 1. The molecule has 0 saturated heterocycles. The Bertz CT molecular complexity index is 152. The van der Waals surface area contributed by atoms with E-state index in [9.17, 15) is 0 Å². The second kappa shape index (κ2) is 5.42. The van der Waals surface area contributed by atoms with Crippen LogP contribution in [-0.4, -0.2) is 5.88 Å². The quantitative estimate of drug-likeness (QED) is 0.447. The number of rotatable bonds is 4. The van der Waals surface area contributed by atoms with Crippen molar-refractivity contribution in [3.8, 4) is 0 Å². The van der Waals surface area contributed by atoms with Crippen LogP contribution in [0, 0.1) is 5.92 Å². The van der Waals surface area contributed by atoms with Gasteiger partial charge in [0.2, 0.25) is 0 Å². The van der Waals surface area contributed by atoms with Gasteiger partial charge in [0, 0.05) is 5.88 Å². The van der Waals surface area contributed by atoms with Crippen molar-refractivity contribution in [1.29, 1.82) is 0 Å². The molecule has 0 N–H and O–H groups in total. The molecule has 1 heteroatoms. The summed E-state index contributed by atoms with van der Waals surface area (Å²) in [6, 6.07) is 0. The molecule has 0 rings (SSSR count). The van der Waals surface area contributed by atoms with Crippen LogP contribution in [0.5, 0.6) is 0 Å². The third kappa shape index (κ3) is 5.09. The van der Waals surface area contributed by atoms with Crippen LogP contribution in [0.15, 0.2) is 23.8 Å². The molecule has 0 aromatic heterocycles. The molecule has 0 radical (unpaired) electrons. The Labute approximate surface area is 74.9 Å². The minimum Gasteiger partial charge on any atom is -0.126 e. The summed E-state index contributed by atoms with van der Waals surface area (Å²) in [5.41, 5.74) is 2.53. The molecule has 0 aliphatic carbocycles. The van der Waals surface area contributed by atoms with Crippen LogP contribution >= 0.6 is 11.6 Å². The van der Waals surface area contributed by atoms with Crippen molar-refractivity contribution < 1.29 is 0 Å². The average molecular weight is 173 g/mol. The maximum atomic E-state index is 5.76. The monoisotopic (exact) mass is 172 g/mol. The van der Waals surface area contributed by atoms with E-state index in [1.54, 1.807) is 0 Å². The normalized spacial score (nSPS) is 12.4. The molecular formula is C10H17Cl. The highest BCUT2D eigenvalue weighted by atomic mass is 35.5. The highest BCUT2D eigenvalue weighted by Crippen LogP contribution is 2.16. The lowest BCUT2D eigenvalue weighted by molar-refractivity contribution is 0.702. The fourth-order valence-corrected chi connectivity index (χ4v) is 1.16. The SMILES string of the molecule is C=C(C)C(CCl)CC=C(C)C. The van der Waals surface area contributed by atoms with E-state index in [2.05, 4.69) is 26.5 Å². The smallest absolute Gasteiger partial charge is 0.0291 e. The molecule has 1 atom stereocenters. The van der Waals surface area contributed by atoms with Crippen LogP contribution in [0.2, 0.25) is 0 Å². The molecule has 0 aliphatic rings. The maximum absolute atomic E-state index is 5.76. The van der Waals surface area contributed by atoms with Crippen molar-refractivity contribution in [2.45, 2.75) is 27.2 Å². The molecular weight excluding hydrogens is 156 g/mol. The van der Waals surface area contributed by atoms with Crippen LogP contribution in [0.25, 0.3) is 0 Å². The fraction of sp³-hybridized carbons (Fsp3) is 0.600. The van der Waals surface area contributed by atoms with E-state index in [0.717, 1.165) is 6.42 Å². The van der Waals surface area contributed by atoms with Gasteiger partial charge in [0.25, 0.3) is 0 Å². The zero-order valence-electron chi connectivity index (χ0n) is 7.65. The Hall–Kier alpha value is -0.230. The lowest BCUT2D eigenvalue weighted by Gasteiger charge is -2.10. The second-order valence-corrected chi connectivity index (χ2v) is 3.52. The molecule has 0 fully saturated rings. The van der Waals surface area contributed by atoms with Gasteiger partial charge in [-0.2, -0.15) is 0 Å². The fourth-order valence-electron chi connectivity index (χ4n) is 0.774. The number of alkyl halides is 1. The zero-order valence-corrected chi connectivity index (χ0v) is 8.41. The van der Waals surface area contributed by atoms with E-state index in [1.165, 1.54) is 11.1 Å². The minimum atomic E-state index is 0.451. The van der Waals surface area contributed by atoms with E-state index in [4.69, 9.17) is 11.6 Å². The first kappa shape index (κ1) is 10.8. The van der Waals surface area contributed by atoms with Gasteiger partial charge in [-0.25, -0.2) is 0 Å². The molecule has 0 aromatic carbocycles. The van der Waals surface area contributed by atoms with Crippen molar-refractivity contribution in [1.82, 2.24) is 0 Å². The van der Waals surface area contributed by atoms with Gasteiger partial charge < -0.3 is 0 Å². The standard InChI is InChI=1S/C10H17Cl/c1-8(2)5-6-10(7-11)9(3)4/h5,10H,3,6-7H2,1-2,4H3. The molecule has 0 spiro atoms. The van der Waals surface area contributed by atoms with Crippen molar-refractivity contribution >= 4 is 11.6 Å². The van der Waals surface area contributed by atoms with Gasteiger partial charge in [0.1, 0.15) is 0 Å². The molecule has 64 valence electrons. The van der Waals surface area contributed by atoms with Crippen molar-refractivity contribution in [2.24, 2.45) is 5.92 Å². The van der Waals surface area contributed by atoms with Gasteiger partial charge in [-0.1, -0.05) is 23.8 Å². The van der Waals surface area contributed by atoms with Gasteiger partial charge in [-0.05, 0) is 33.1 Å². The lowest BCUT2D eigenvalue weighted by atomic mass is 9.99. The third-order valence-electron chi connectivity index (χ3n) is 1.69. The molecule has 0 aliphatic heterocycles. The predicted octanol–water partition coefficient (Wildman–Crippen LogP) is 3.77. The Balaban J connectivity index is 3.89. The highest BCUT2D eigenvalue weighted by Gasteiger charge is 2.04. The summed E-state index contributed by atoms with van der Waals surface area (Å²) in [5, 5.41) is 0. The highest BCUT2D eigenvalue weighted by molar-refractivity contribution is 6.18. The summed E-state index contributed by atoms with van der Waals surface area (Å²) in [7, 11) is 0. The topological polar surface area (TPSA) is 0 Å². The van der Waals surface area contributed by atoms with Crippen molar-refractivity contribution in [3.63, 3.8) is 0 Å². The first-order valence-electron chi connectivity index (χ1n) is 3.92. The predicted molar refractivity (Wildman–Crippen MR) is 53.1 cm³/mol. The minimum absolute atomic E-state index is 0.451. The Morgan fingerprint density at radius 3 is 2.27 bits per heavy atom. The number of hydrogen-bond acceptors (Lipinski definition) is 0. The van der Waals surface area contributed by atoms with Crippen molar-refractivity contribution in [3.05, 3.63) is 23.8 Å².